The second-order valence-electron chi connectivity index (χ2n) is 10.3. The van der Waals surface area contributed by atoms with Gasteiger partial charge in [0.05, 0.1) is 0 Å². The zero-order chi connectivity index (χ0) is 26.7. The van der Waals surface area contributed by atoms with Crippen LogP contribution in [-0.2, 0) is 22.6 Å². The van der Waals surface area contributed by atoms with Gasteiger partial charge in [0, 0.05) is 47.2 Å². The Bertz CT molecular complexity index is 1420. The molecule has 2 unspecified atom stereocenters. The molecule has 0 saturated carbocycles. The summed E-state index contributed by atoms with van der Waals surface area (Å²) >= 11 is 1.55. The van der Waals surface area contributed by atoms with E-state index in [-0.39, 0.29) is 17.6 Å². The smallest absolute Gasteiger partial charge is 0.412 e. The Kier molecular flexibility index (Phi) is 7.42. The molecule has 1 amide bonds. The minimum Gasteiger partial charge on any atom is -0.489 e. The molecule has 8 heteroatoms. The summed E-state index contributed by atoms with van der Waals surface area (Å²) in [6.07, 6.45) is 4.98. The second kappa shape index (κ2) is 10.9. The number of fused-ring (bicyclic) bond motifs is 1. The number of nitrogens with zero attached hydrogens (tertiary/aromatic N) is 2. The van der Waals surface area contributed by atoms with Gasteiger partial charge in [-0.2, -0.15) is 0 Å². The Balaban J connectivity index is 1.36. The van der Waals surface area contributed by atoms with Gasteiger partial charge in [0.25, 0.3) is 0 Å². The molecule has 1 N–H and O–H groups in total. The summed E-state index contributed by atoms with van der Waals surface area (Å²) in [4.78, 5) is 36.0. The number of aromatic nitrogens is 2. The Morgan fingerprint density at radius 3 is 2.66 bits per heavy atom. The number of benzene rings is 2. The lowest BCUT2D eigenvalue weighted by Crippen LogP contribution is -2.45. The molecule has 1 saturated heterocycles. The van der Waals surface area contributed by atoms with Gasteiger partial charge in [-0.25, -0.2) is 4.79 Å². The van der Waals surface area contributed by atoms with Crippen LogP contribution < -0.4 is 4.74 Å². The number of Topliss-reactive ketones (excluding diaryl/α,β-unsaturated/α-hetero) is 1. The molecule has 3 heterocycles. The van der Waals surface area contributed by atoms with E-state index >= 15 is 0 Å². The number of ketones is 1. The van der Waals surface area contributed by atoms with Crippen molar-refractivity contribution in [3.8, 4) is 5.75 Å². The molecule has 2 aromatic heterocycles. The zero-order valence-electron chi connectivity index (χ0n) is 21.7. The highest BCUT2D eigenvalue weighted by molar-refractivity contribution is 7.99. The highest BCUT2D eigenvalue weighted by Gasteiger charge is 2.44. The average Bonchev–Trinajstić information content (AvgIpc) is 3.52. The molecule has 0 radical (unpaired) electrons. The van der Waals surface area contributed by atoms with Crippen LogP contribution in [0.4, 0.5) is 4.79 Å². The predicted octanol–water partition coefficient (Wildman–Crippen LogP) is 6.30. The summed E-state index contributed by atoms with van der Waals surface area (Å²) in [5.74, 6) is 1.19. The Labute approximate surface area is 226 Å². The first-order chi connectivity index (χ1) is 18.3. The van der Waals surface area contributed by atoms with E-state index in [1.54, 1.807) is 29.1 Å². The van der Waals surface area contributed by atoms with Gasteiger partial charge >= 0.3 is 6.09 Å². The van der Waals surface area contributed by atoms with Crippen LogP contribution in [0.3, 0.4) is 0 Å². The number of carbonyl (C=O) groups excluding carboxylic acids is 2. The molecule has 0 aliphatic carbocycles. The SMILES string of the molecule is CC(C)(C)OC(=O)N1C(C(=O)Cc2c[nH]c3ccc(OCc4ccccc4)cc23)CSC1c1cccnc1. The fourth-order valence-corrected chi connectivity index (χ4v) is 5.95. The largest absolute Gasteiger partial charge is 0.489 e. The van der Waals surface area contributed by atoms with Gasteiger partial charge in [-0.15, -0.1) is 11.8 Å². The molecular weight excluding hydrogens is 498 g/mol. The summed E-state index contributed by atoms with van der Waals surface area (Å²) in [6.45, 7) is 5.94. The normalized spacial score (nSPS) is 17.5. The molecule has 0 spiro atoms. The maximum Gasteiger partial charge on any atom is 0.412 e. The third-order valence-electron chi connectivity index (χ3n) is 6.30. The van der Waals surface area contributed by atoms with Crippen LogP contribution in [0.2, 0.25) is 0 Å². The number of pyridine rings is 1. The van der Waals surface area contributed by atoms with Crippen molar-refractivity contribution in [1.82, 2.24) is 14.9 Å². The molecule has 1 aliphatic rings. The molecule has 38 heavy (non-hydrogen) atoms. The average molecular weight is 530 g/mol. The van der Waals surface area contributed by atoms with Crippen molar-refractivity contribution < 1.29 is 19.1 Å². The number of ether oxygens (including phenoxy) is 2. The van der Waals surface area contributed by atoms with Gasteiger partial charge in [0.2, 0.25) is 0 Å². The number of amides is 1. The number of aromatic amines is 1. The molecule has 2 atom stereocenters. The summed E-state index contributed by atoms with van der Waals surface area (Å²) in [5, 5.41) is 0.593. The van der Waals surface area contributed by atoms with E-state index in [2.05, 4.69) is 9.97 Å². The number of rotatable bonds is 7. The van der Waals surface area contributed by atoms with Gasteiger partial charge in [0.1, 0.15) is 29.4 Å². The molecule has 1 aliphatic heterocycles. The maximum absolute atomic E-state index is 13.7. The van der Waals surface area contributed by atoms with Crippen LogP contribution in [0, 0.1) is 0 Å². The topological polar surface area (TPSA) is 84.5 Å². The summed E-state index contributed by atoms with van der Waals surface area (Å²) in [5.41, 5.74) is 3.07. The van der Waals surface area contributed by atoms with Gasteiger partial charge in [-0.05, 0) is 56.2 Å². The quantitative estimate of drug-likeness (QED) is 0.302. The van der Waals surface area contributed by atoms with E-state index in [4.69, 9.17) is 9.47 Å². The van der Waals surface area contributed by atoms with Gasteiger partial charge in [-0.1, -0.05) is 36.4 Å². The molecule has 0 bridgehead atoms. The van der Waals surface area contributed by atoms with Crippen LogP contribution in [-0.4, -0.2) is 44.1 Å². The van der Waals surface area contributed by atoms with Crippen molar-refractivity contribution >= 4 is 34.5 Å². The van der Waals surface area contributed by atoms with E-state index in [0.717, 1.165) is 33.3 Å². The van der Waals surface area contributed by atoms with Gasteiger partial charge in [0.15, 0.2) is 5.78 Å². The first-order valence-electron chi connectivity index (χ1n) is 12.6. The summed E-state index contributed by atoms with van der Waals surface area (Å²) in [7, 11) is 0. The number of hydrogen-bond donors (Lipinski definition) is 1. The molecular formula is C30H31N3O4S. The van der Waals surface area contributed by atoms with Crippen LogP contribution in [0.1, 0.15) is 42.8 Å². The van der Waals surface area contributed by atoms with E-state index < -0.39 is 17.7 Å². The Morgan fingerprint density at radius 2 is 1.92 bits per heavy atom. The van der Waals surface area contributed by atoms with E-state index in [1.807, 2.05) is 87.6 Å². The number of hydrogen-bond acceptors (Lipinski definition) is 6. The number of H-pyrrole nitrogens is 1. The Hall–Kier alpha value is -3.78. The van der Waals surface area contributed by atoms with Crippen molar-refractivity contribution in [3.05, 3.63) is 95.9 Å². The lowest BCUT2D eigenvalue weighted by atomic mass is 10.0. The molecule has 1 fully saturated rings. The van der Waals surface area contributed by atoms with E-state index in [9.17, 15) is 9.59 Å². The third-order valence-corrected chi connectivity index (χ3v) is 7.62. The van der Waals surface area contributed by atoms with Crippen molar-refractivity contribution in [2.75, 3.05) is 5.75 Å². The minimum atomic E-state index is -0.676. The highest BCUT2D eigenvalue weighted by atomic mass is 32.2. The fraction of sp³-hybridized carbons (Fsp3) is 0.300. The fourth-order valence-electron chi connectivity index (χ4n) is 4.51. The molecule has 7 nitrogen and oxygen atoms in total. The predicted molar refractivity (Wildman–Crippen MR) is 149 cm³/mol. The van der Waals surface area contributed by atoms with Crippen LogP contribution in [0.15, 0.2) is 79.3 Å². The number of carbonyl (C=O) groups is 2. The highest BCUT2D eigenvalue weighted by Crippen LogP contribution is 2.42. The third kappa shape index (κ3) is 5.86. The maximum atomic E-state index is 13.7. The summed E-state index contributed by atoms with van der Waals surface area (Å²) in [6, 6.07) is 19.0. The van der Waals surface area contributed by atoms with E-state index in [0.29, 0.717) is 12.4 Å². The zero-order valence-corrected chi connectivity index (χ0v) is 22.5. The van der Waals surface area contributed by atoms with Crippen molar-refractivity contribution in [3.63, 3.8) is 0 Å². The standard InChI is InChI=1S/C30H31N3O4S/c1-30(2,3)37-29(35)33-26(19-38-28(33)21-10-7-13-31-16-21)27(34)14-22-17-32-25-12-11-23(15-24(22)25)36-18-20-8-5-4-6-9-20/h4-13,15-17,26,28,32H,14,18-19H2,1-3H3. The lowest BCUT2D eigenvalue weighted by molar-refractivity contribution is -0.122. The first-order valence-corrected chi connectivity index (χ1v) is 13.7. The van der Waals surface area contributed by atoms with Crippen LogP contribution in [0.25, 0.3) is 10.9 Å². The molecule has 5 rings (SSSR count). The number of nitrogens with one attached hydrogen (secondary N) is 1. The minimum absolute atomic E-state index is 0.0359. The second-order valence-corrected chi connectivity index (χ2v) is 11.4. The lowest BCUT2D eigenvalue weighted by Gasteiger charge is -2.31. The van der Waals surface area contributed by atoms with Crippen LogP contribution >= 0.6 is 11.8 Å². The Morgan fingerprint density at radius 1 is 1.11 bits per heavy atom. The van der Waals surface area contributed by atoms with Crippen molar-refractivity contribution in [1.29, 1.82) is 0 Å². The van der Waals surface area contributed by atoms with Crippen molar-refractivity contribution in [2.45, 2.75) is 50.8 Å². The monoisotopic (exact) mass is 529 g/mol. The van der Waals surface area contributed by atoms with Crippen LogP contribution in [0.5, 0.6) is 5.75 Å². The van der Waals surface area contributed by atoms with Crippen molar-refractivity contribution in [2.24, 2.45) is 0 Å². The first kappa shape index (κ1) is 25.9. The van der Waals surface area contributed by atoms with E-state index in [1.165, 1.54) is 0 Å². The summed E-state index contributed by atoms with van der Waals surface area (Å²) < 4.78 is 11.7. The number of thioether (sulfide) groups is 1. The molecule has 196 valence electrons. The van der Waals surface area contributed by atoms with Gasteiger partial charge < -0.3 is 14.5 Å². The van der Waals surface area contributed by atoms with Gasteiger partial charge in [-0.3, -0.25) is 14.7 Å². The molecule has 4 aromatic rings. The molecule has 2 aromatic carbocycles.